The number of para-hydroxylation sites is 1. The lowest BCUT2D eigenvalue weighted by Crippen LogP contribution is -2.26. The molecule has 1 heterocycles. The Kier molecular flexibility index (Phi) is 4.50. The zero-order chi connectivity index (χ0) is 16.5. The van der Waals surface area contributed by atoms with Crippen molar-refractivity contribution in [1.82, 2.24) is 4.90 Å². The summed E-state index contributed by atoms with van der Waals surface area (Å²) < 4.78 is 38.9. The van der Waals surface area contributed by atoms with E-state index in [1.807, 2.05) is 0 Å². The second kappa shape index (κ2) is 6.04. The third-order valence-electron chi connectivity index (χ3n) is 2.90. The molecule has 118 valence electrons. The minimum Gasteiger partial charge on any atom is -0.510 e. The molecule has 0 bridgehead atoms. The highest BCUT2D eigenvalue weighted by molar-refractivity contribution is 8.15. The largest absolute Gasteiger partial charge is 0.510 e. The van der Waals surface area contributed by atoms with Crippen LogP contribution in [0.1, 0.15) is 5.56 Å². The number of nitrogens with zero attached hydrogens (tertiary/aromatic N) is 2. The number of alkyl halides is 3. The number of carbonyl (C=O) groups excluding carboxylic acids is 1. The van der Waals surface area contributed by atoms with Gasteiger partial charge in [-0.05, 0) is 12.1 Å². The topological polar surface area (TPSA) is 52.9 Å². The van der Waals surface area contributed by atoms with Crippen molar-refractivity contribution in [2.75, 3.05) is 19.8 Å². The Bertz CT molecular complexity index is 666. The van der Waals surface area contributed by atoms with Crippen LogP contribution in [0.3, 0.4) is 0 Å². The normalized spacial score (nSPS) is 17.2. The van der Waals surface area contributed by atoms with Crippen LogP contribution < -0.4 is 0 Å². The standard InChI is InChI=1S/C14H13F3N2O2S/c1-19(2)13(21)11-10(20)7-22-12(11)18-9-6-4-3-5-8(9)14(15,16)17/h3-6,20H,7H2,1-2H3. The number of amides is 1. The van der Waals surface area contributed by atoms with Gasteiger partial charge >= 0.3 is 6.18 Å². The van der Waals surface area contributed by atoms with E-state index in [1.165, 1.54) is 37.2 Å². The molecule has 1 N–H and O–H groups in total. The summed E-state index contributed by atoms with van der Waals surface area (Å²) in [6.45, 7) is 0. The van der Waals surface area contributed by atoms with Crippen molar-refractivity contribution in [1.29, 1.82) is 0 Å². The Morgan fingerprint density at radius 3 is 2.55 bits per heavy atom. The number of hydrogen-bond donors (Lipinski definition) is 1. The van der Waals surface area contributed by atoms with Crippen LogP contribution in [0.4, 0.5) is 18.9 Å². The van der Waals surface area contributed by atoms with Gasteiger partial charge in [0.2, 0.25) is 0 Å². The summed E-state index contributed by atoms with van der Waals surface area (Å²) in [4.78, 5) is 17.2. The van der Waals surface area contributed by atoms with Crippen LogP contribution in [0.2, 0.25) is 0 Å². The highest BCUT2D eigenvalue weighted by Gasteiger charge is 2.34. The molecule has 0 saturated carbocycles. The molecule has 0 saturated heterocycles. The van der Waals surface area contributed by atoms with Crippen LogP contribution >= 0.6 is 11.8 Å². The van der Waals surface area contributed by atoms with E-state index in [-0.39, 0.29) is 27.8 Å². The molecule has 0 unspecified atom stereocenters. The van der Waals surface area contributed by atoms with Gasteiger partial charge in [0.1, 0.15) is 16.4 Å². The highest BCUT2D eigenvalue weighted by atomic mass is 32.2. The summed E-state index contributed by atoms with van der Waals surface area (Å²) >= 11 is 1.03. The van der Waals surface area contributed by atoms with Crippen molar-refractivity contribution >= 4 is 28.4 Å². The van der Waals surface area contributed by atoms with Gasteiger partial charge in [0.15, 0.2) is 0 Å². The lowest BCUT2D eigenvalue weighted by molar-refractivity contribution is -0.137. The molecule has 0 spiro atoms. The van der Waals surface area contributed by atoms with E-state index >= 15 is 0 Å². The summed E-state index contributed by atoms with van der Waals surface area (Å²) in [5.74, 6) is -0.556. The molecule has 1 aliphatic heterocycles. The predicted octanol–water partition coefficient (Wildman–Crippen LogP) is 3.38. The van der Waals surface area contributed by atoms with Crippen molar-refractivity contribution < 1.29 is 23.1 Å². The van der Waals surface area contributed by atoms with E-state index in [0.717, 1.165) is 17.8 Å². The van der Waals surface area contributed by atoms with E-state index in [9.17, 15) is 23.1 Å². The molecule has 0 radical (unpaired) electrons. The van der Waals surface area contributed by atoms with Gasteiger partial charge in [0.05, 0.1) is 17.0 Å². The van der Waals surface area contributed by atoms with Crippen LogP contribution in [-0.2, 0) is 11.0 Å². The summed E-state index contributed by atoms with van der Waals surface area (Å²) in [6.07, 6.45) is -4.54. The molecule has 8 heteroatoms. The minimum absolute atomic E-state index is 0.0491. The Morgan fingerprint density at radius 2 is 1.95 bits per heavy atom. The van der Waals surface area contributed by atoms with Gasteiger partial charge in [-0.3, -0.25) is 4.79 Å². The fourth-order valence-corrected chi connectivity index (χ4v) is 2.78. The number of hydrogen-bond acceptors (Lipinski definition) is 4. The van der Waals surface area contributed by atoms with Crippen molar-refractivity contribution in [3.05, 3.63) is 41.2 Å². The molecule has 0 fully saturated rings. The first-order valence-electron chi connectivity index (χ1n) is 6.23. The molecule has 0 aromatic heterocycles. The highest BCUT2D eigenvalue weighted by Crippen LogP contribution is 2.38. The quantitative estimate of drug-likeness (QED) is 0.904. The maximum absolute atomic E-state index is 13.0. The number of aliphatic hydroxyl groups is 1. The van der Waals surface area contributed by atoms with Gasteiger partial charge in [0, 0.05) is 14.1 Å². The average molecular weight is 330 g/mol. The van der Waals surface area contributed by atoms with Gasteiger partial charge in [0.25, 0.3) is 5.91 Å². The van der Waals surface area contributed by atoms with Crippen molar-refractivity contribution in [3.63, 3.8) is 0 Å². The molecule has 1 amide bonds. The maximum Gasteiger partial charge on any atom is 0.418 e. The molecule has 1 aromatic carbocycles. The number of thioether (sulfide) groups is 1. The van der Waals surface area contributed by atoms with E-state index in [0.29, 0.717) is 0 Å². The molecule has 0 atom stereocenters. The number of aliphatic hydroxyl groups excluding tert-OH is 1. The smallest absolute Gasteiger partial charge is 0.418 e. The second-order valence-corrected chi connectivity index (χ2v) is 5.71. The zero-order valence-electron chi connectivity index (χ0n) is 11.8. The van der Waals surface area contributed by atoms with Gasteiger partial charge in [-0.2, -0.15) is 13.2 Å². The summed E-state index contributed by atoms with van der Waals surface area (Å²) in [6, 6.07) is 4.86. The van der Waals surface area contributed by atoms with Gasteiger partial charge in [-0.15, -0.1) is 0 Å². The SMILES string of the molecule is CN(C)C(=O)C1=C(O)CSC1=Nc1ccccc1C(F)(F)F. The fraction of sp³-hybridized carbons (Fsp3) is 0.286. The van der Waals surface area contributed by atoms with E-state index in [1.54, 1.807) is 0 Å². The van der Waals surface area contributed by atoms with Crippen molar-refractivity contribution in [3.8, 4) is 0 Å². The van der Waals surface area contributed by atoms with E-state index in [4.69, 9.17) is 0 Å². The first-order chi connectivity index (χ1) is 10.2. The fourth-order valence-electron chi connectivity index (χ4n) is 1.85. The molecular weight excluding hydrogens is 317 g/mol. The Balaban J connectivity index is 2.49. The molecule has 4 nitrogen and oxygen atoms in total. The van der Waals surface area contributed by atoms with Crippen molar-refractivity contribution in [2.45, 2.75) is 6.18 Å². The molecule has 0 aliphatic carbocycles. The minimum atomic E-state index is -4.54. The Labute approximate surface area is 129 Å². The Morgan fingerprint density at radius 1 is 1.32 bits per heavy atom. The number of carbonyl (C=O) groups is 1. The van der Waals surface area contributed by atoms with Crippen LogP contribution in [0.5, 0.6) is 0 Å². The third kappa shape index (κ3) is 3.27. The summed E-state index contributed by atoms with van der Waals surface area (Å²) in [5, 5.41) is 9.88. The van der Waals surface area contributed by atoms with E-state index < -0.39 is 17.6 Å². The molecule has 1 aromatic rings. The van der Waals surface area contributed by atoms with E-state index in [2.05, 4.69) is 4.99 Å². The number of likely N-dealkylation sites (N-methyl/N-ethyl adjacent to an activating group) is 1. The third-order valence-corrected chi connectivity index (χ3v) is 3.89. The van der Waals surface area contributed by atoms with Crippen molar-refractivity contribution in [2.24, 2.45) is 4.99 Å². The van der Waals surface area contributed by atoms with Crippen LogP contribution in [0.25, 0.3) is 0 Å². The first-order valence-corrected chi connectivity index (χ1v) is 7.22. The summed E-state index contributed by atoms with van der Waals surface area (Å²) in [7, 11) is 2.99. The number of aliphatic imine (C=N–C) groups is 1. The Hall–Kier alpha value is -1.96. The molecule has 2 rings (SSSR count). The van der Waals surface area contributed by atoms with Crippen LogP contribution in [-0.4, -0.2) is 40.8 Å². The average Bonchev–Trinajstić information content (AvgIpc) is 2.78. The number of benzene rings is 1. The number of halogens is 3. The van der Waals surface area contributed by atoms with Crippen LogP contribution in [0.15, 0.2) is 40.6 Å². The van der Waals surface area contributed by atoms with Crippen LogP contribution in [0, 0.1) is 0 Å². The summed E-state index contributed by atoms with van der Waals surface area (Å²) in [5.41, 5.74) is -1.21. The molecular formula is C14H13F3N2O2S. The first kappa shape index (κ1) is 16.4. The number of rotatable bonds is 2. The predicted molar refractivity (Wildman–Crippen MR) is 79.3 cm³/mol. The molecule has 1 aliphatic rings. The maximum atomic E-state index is 13.0. The van der Waals surface area contributed by atoms with Gasteiger partial charge in [-0.25, -0.2) is 4.99 Å². The van der Waals surface area contributed by atoms with Gasteiger partial charge in [-0.1, -0.05) is 23.9 Å². The zero-order valence-corrected chi connectivity index (χ0v) is 12.6. The lowest BCUT2D eigenvalue weighted by atomic mass is 10.1. The monoisotopic (exact) mass is 330 g/mol. The second-order valence-electron chi connectivity index (χ2n) is 4.74. The lowest BCUT2D eigenvalue weighted by Gasteiger charge is -2.13. The molecule has 22 heavy (non-hydrogen) atoms. The van der Waals surface area contributed by atoms with Gasteiger partial charge < -0.3 is 10.0 Å².